The van der Waals surface area contributed by atoms with Gasteiger partial charge in [-0.15, -0.1) is 0 Å². The van der Waals surface area contributed by atoms with Gasteiger partial charge < -0.3 is 5.32 Å². The number of anilines is 1. The lowest BCUT2D eigenvalue weighted by Gasteiger charge is -2.16. The molecule has 100 valence electrons. The van der Waals surface area contributed by atoms with E-state index in [4.69, 9.17) is 0 Å². The van der Waals surface area contributed by atoms with Crippen LogP contribution in [0.15, 0.2) is 36.4 Å². The van der Waals surface area contributed by atoms with Gasteiger partial charge in [0.2, 0.25) is 0 Å². The van der Waals surface area contributed by atoms with E-state index < -0.39 is 0 Å². The van der Waals surface area contributed by atoms with E-state index in [1.54, 1.807) is 0 Å². The quantitative estimate of drug-likeness (QED) is 0.826. The Labute approximate surface area is 116 Å². The van der Waals surface area contributed by atoms with Crippen molar-refractivity contribution in [3.63, 3.8) is 0 Å². The molecule has 1 heteroatoms. The summed E-state index contributed by atoms with van der Waals surface area (Å²) >= 11 is 0. The maximum absolute atomic E-state index is 3.63. The molecule has 0 amide bonds. The van der Waals surface area contributed by atoms with Crippen LogP contribution in [-0.4, -0.2) is 0 Å². The summed E-state index contributed by atoms with van der Waals surface area (Å²) in [6, 6.07) is 13.0. The van der Waals surface area contributed by atoms with Crippen molar-refractivity contribution in [2.45, 2.75) is 40.7 Å². The zero-order chi connectivity index (χ0) is 13.8. The van der Waals surface area contributed by atoms with Crippen molar-refractivity contribution in [3.05, 3.63) is 64.2 Å². The van der Waals surface area contributed by atoms with Gasteiger partial charge in [0.25, 0.3) is 0 Å². The lowest BCUT2D eigenvalue weighted by atomic mass is 10.0. The summed E-state index contributed by atoms with van der Waals surface area (Å²) in [6.07, 6.45) is 1.07. The van der Waals surface area contributed by atoms with Gasteiger partial charge in [0.1, 0.15) is 0 Å². The Kier molecular flexibility index (Phi) is 4.26. The first-order valence-electron chi connectivity index (χ1n) is 7.01. The van der Waals surface area contributed by atoms with Gasteiger partial charge in [-0.2, -0.15) is 0 Å². The fraction of sp³-hybridized carbons (Fsp3) is 0.333. The summed E-state index contributed by atoms with van der Waals surface area (Å²) in [5.41, 5.74) is 8.15. The minimum atomic E-state index is 0.899. The topological polar surface area (TPSA) is 12.0 Å². The minimum absolute atomic E-state index is 0.899. The molecule has 0 unspecified atom stereocenters. The zero-order valence-electron chi connectivity index (χ0n) is 12.4. The molecule has 0 aliphatic carbocycles. The van der Waals surface area contributed by atoms with Crippen molar-refractivity contribution in [1.82, 2.24) is 0 Å². The van der Waals surface area contributed by atoms with Crippen LogP contribution < -0.4 is 5.32 Å². The zero-order valence-corrected chi connectivity index (χ0v) is 12.4. The Morgan fingerprint density at radius 2 is 1.42 bits per heavy atom. The number of rotatable bonds is 4. The third kappa shape index (κ3) is 2.98. The number of hydrogen-bond donors (Lipinski definition) is 1. The second-order valence-electron chi connectivity index (χ2n) is 5.19. The summed E-state index contributed by atoms with van der Waals surface area (Å²) in [6.45, 7) is 9.65. The molecular formula is C18H23N. The summed E-state index contributed by atoms with van der Waals surface area (Å²) in [7, 11) is 0. The van der Waals surface area contributed by atoms with E-state index in [0.717, 1.165) is 13.0 Å². The Hall–Kier alpha value is -1.76. The van der Waals surface area contributed by atoms with Gasteiger partial charge in [-0.05, 0) is 55.0 Å². The number of para-hydroxylation sites is 1. The number of nitrogens with one attached hydrogen (secondary N) is 1. The van der Waals surface area contributed by atoms with Crippen LogP contribution in [0.4, 0.5) is 5.69 Å². The first-order valence-corrected chi connectivity index (χ1v) is 7.01. The predicted octanol–water partition coefficient (Wildman–Crippen LogP) is 4.79. The Balaban J connectivity index is 2.24. The molecule has 0 saturated heterocycles. The number of hydrogen-bond acceptors (Lipinski definition) is 1. The van der Waals surface area contributed by atoms with Gasteiger partial charge >= 0.3 is 0 Å². The highest BCUT2D eigenvalue weighted by molar-refractivity contribution is 5.57. The monoisotopic (exact) mass is 253 g/mol. The normalized spacial score (nSPS) is 10.5. The molecule has 19 heavy (non-hydrogen) atoms. The molecule has 1 N–H and O–H groups in total. The van der Waals surface area contributed by atoms with Crippen molar-refractivity contribution in [3.8, 4) is 0 Å². The highest BCUT2D eigenvalue weighted by atomic mass is 14.9. The van der Waals surface area contributed by atoms with Crippen LogP contribution in [0.5, 0.6) is 0 Å². The lowest BCUT2D eigenvalue weighted by molar-refractivity contribution is 1.06. The fourth-order valence-electron chi connectivity index (χ4n) is 2.58. The van der Waals surface area contributed by atoms with E-state index in [1.165, 1.54) is 33.5 Å². The van der Waals surface area contributed by atoms with Crippen LogP contribution in [0.1, 0.15) is 34.7 Å². The molecule has 0 bridgehead atoms. The van der Waals surface area contributed by atoms with E-state index in [9.17, 15) is 0 Å². The molecule has 2 rings (SSSR count). The van der Waals surface area contributed by atoms with E-state index >= 15 is 0 Å². The summed E-state index contributed by atoms with van der Waals surface area (Å²) in [5.74, 6) is 0. The molecule has 0 fully saturated rings. The van der Waals surface area contributed by atoms with E-state index in [-0.39, 0.29) is 0 Å². The molecule has 0 aliphatic heterocycles. The molecule has 0 aliphatic rings. The predicted molar refractivity (Wildman–Crippen MR) is 83.8 cm³/mol. The average Bonchev–Trinajstić information content (AvgIpc) is 2.39. The number of benzene rings is 2. The molecule has 0 heterocycles. The smallest absolute Gasteiger partial charge is 0.0406 e. The Bertz CT molecular complexity index is 550. The highest BCUT2D eigenvalue weighted by Gasteiger charge is 2.06. The van der Waals surface area contributed by atoms with Crippen molar-refractivity contribution in [1.29, 1.82) is 0 Å². The molecule has 2 aromatic carbocycles. The van der Waals surface area contributed by atoms with Crippen molar-refractivity contribution in [2.75, 3.05) is 5.32 Å². The third-order valence-electron chi connectivity index (χ3n) is 3.83. The standard InChI is InChI=1S/C18H23N/c1-5-16-11-7-10-15(4)18(16)19-12-17-13(2)8-6-9-14(17)3/h6-11,19H,5,12H2,1-4H3. The molecule has 2 aromatic rings. The van der Waals surface area contributed by atoms with Gasteiger partial charge in [0, 0.05) is 12.2 Å². The molecular weight excluding hydrogens is 230 g/mol. The van der Waals surface area contributed by atoms with Crippen LogP contribution in [0.3, 0.4) is 0 Å². The van der Waals surface area contributed by atoms with Gasteiger partial charge in [-0.25, -0.2) is 0 Å². The van der Waals surface area contributed by atoms with Crippen LogP contribution in [0.2, 0.25) is 0 Å². The van der Waals surface area contributed by atoms with Crippen molar-refractivity contribution < 1.29 is 0 Å². The van der Waals surface area contributed by atoms with E-state index in [2.05, 4.69) is 69.4 Å². The molecule has 0 radical (unpaired) electrons. The van der Waals surface area contributed by atoms with E-state index in [1.807, 2.05) is 0 Å². The largest absolute Gasteiger partial charge is 0.381 e. The molecule has 0 aromatic heterocycles. The second-order valence-corrected chi connectivity index (χ2v) is 5.19. The first kappa shape index (κ1) is 13.7. The molecule has 0 saturated carbocycles. The van der Waals surface area contributed by atoms with E-state index in [0.29, 0.717) is 0 Å². The van der Waals surface area contributed by atoms with Crippen molar-refractivity contribution >= 4 is 5.69 Å². The molecule has 0 atom stereocenters. The van der Waals surface area contributed by atoms with Gasteiger partial charge in [-0.3, -0.25) is 0 Å². The van der Waals surface area contributed by atoms with Gasteiger partial charge in [0.05, 0.1) is 0 Å². The maximum Gasteiger partial charge on any atom is 0.0406 e. The molecule has 0 spiro atoms. The fourth-order valence-corrected chi connectivity index (χ4v) is 2.58. The lowest BCUT2D eigenvalue weighted by Crippen LogP contribution is -2.06. The second kappa shape index (κ2) is 5.92. The average molecular weight is 253 g/mol. The van der Waals surface area contributed by atoms with Crippen LogP contribution in [-0.2, 0) is 13.0 Å². The van der Waals surface area contributed by atoms with Crippen LogP contribution in [0, 0.1) is 20.8 Å². The number of aryl methyl sites for hydroxylation is 4. The van der Waals surface area contributed by atoms with Crippen LogP contribution >= 0.6 is 0 Å². The summed E-state index contributed by atoms with van der Waals surface area (Å²) in [5, 5.41) is 3.63. The first-order chi connectivity index (χ1) is 9.13. The van der Waals surface area contributed by atoms with Gasteiger partial charge in [0.15, 0.2) is 0 Å². The Morgan fingerprint density at radius 1 is 0.842 bits per heavy atom. The summed E-state index contributed by atoms with van der Waals surface area (Å²) < 4.78 is 0. The van der Waals surface area contributed by atoms with Crippen molar-refractivity contribution in [2.24, 2.45) is 0 Å². The van der Waals surface area contributed by atoms with Gasteiger partial charge in [-0.1, -0.05) is 43.3 Å². The SMILES string of the molecule is CCc1cccc(C)c1NCc1c(C)cccc1C. The molecule has 1 nitrogen and oxygen atoms in total. The highest BCUT2D eigenvalue weighted by Crippen LogP contribution is 2.23. The van der Waals surface area contributed by atoms with Crippen LogP contribution in [0.25, 0.3) is 0 Å². The minimum Gasteiger partial charge on any atom is -0.381 e. The summed E-state index contributed by atoms with van der Waals surface area (Å²) in [4.78, 5) is 0. The Morgan fingerprint density at radius 3 is 2.05 bits per heavy atom. The third-order valence-corrected chi connectivity index (χ3v) is 3.83. The maximum atomic E-state index is 3.63.